The SMILES string of the molecule is CCC(OC=O)c1ccc(N(CC(C)C)CC(C)C)c(NC(=O)Cc2cc(C)co2)c1. The lowest BCUT2D eigenvalue weighted by molar-refractivity contribution is -0.134. The van der Waals surface area contributed by atoms with Crippen molar-refractivity contribution in [3.63, 3.8) is 0 Å². The summed E-state index contributed by atoms with van der Waals surface area (Å²) in [5.41, 5.74) is 3.54. The van der Waals surface area contributed by atoms with Crippen LogP contribution in [0.1, 0.15) is 64.0 Å². The number of rotatable bonds is 12. The number of amides is 1. The van der Waals surface area contributed by atoms with Crippen LogP contribution in [0.25, 0.3) is 0 Å². The van der Waals surface area contributed by atoms with Crippen LogP contribution in [0.5, 0.6) is 0 Å². The van der Waals surface area contributed by atoms with Gasteiger partial charge in [0.05, 0.1) is 24.1 Å². The van der Waals surface area contributed by atoms with Crippen LogP contribution in [0.15, 0.2) is 34.9 Å². The molecule has 1 aromatic heterocycles. The van der Waals surface area contributed by atoms with E-state index >= 15 is 0 Å². The molecule has 31 heavy (non-hydrogen) atoms. The van der Waals surface area contributed by atoms with Crippen molar-refractivity contribution in [1.82, 2.24) is 0 Å². The van der Waals surface area contributed by atoms with E-state index in [0.29, 0.717) is 30.5 Å². The Labute approximate surface area is 186 Å². The highest BCUT2D eigenvalue weighted by Crippen LogP contribution is 2.33. The molecule has 1 atom stereocenters. The number of carbonyl (C=O) groups excluding carboxylic acids is 2. The molecule has 0 saturated heterocycles. The zero-order chi connectivity index (χ0) is 23.0. The van der Waals surface area contributed by atoms with Crippen molar-refractivity contribution in [1.29, 1.82) is 0 Å². The second-order valence-corrected chi connectivity index (χ2v) is 8.91. The second kappa shape index (κ2) is 11.6. The number of ether oxygens (including phenoxy) is 1. The molecule has 1 unspecified atom stereocenters. The Balaban J connectivity index is 2.39. The van der Waals surface area contributed by atoms with E-state index in [1.165, 1.54) is 0 Å². The van der Waals surface area contributed by atoms with Gasteiger partial charge in [-0.1, -0.05) is 40.7 Å². The molecule has 1 amide bonds. The number of nitrogens with zero attached hydrogens (tertiary/aromatic N) is 1. The van der Waals surface area contributed by atoms with Crippen molar-refractivity contribution in [2.45, 2.75) is 60.5 Å². The molecule has 6 nitrogen and oxygen atoms in total. The third-order valence-electron chi connectivity index (χ3n) is 4.89. The Morgan fingerprint density at radius 2 is 1.84 bits per heavy atom. The minimum absolute atomic E-state index is 0.147. The average molecular weight is 429 g/mol. The summed E-state index contributed by atoms with van der Waals surface area (Å²) < 4.78 is 10.7. The van der Waals surface area contributed by atoms with Gasteiger partial charge in [-0.15, -0.1) is 0 Å². The maximum Gasteiger partial charge on any atom is 0.293 e. The van der Waals surface area contributed by atoms with Gasteiger partial charge in [0.15, 0.2) is 0 Å². The number of furan rings is 1. The van der Waals surface area contributed by atoms with Crippen molar-refractivity contribution < 1.29 is 18.7 Å². The van der Waals surface area contributed by atoms with Gasteiger partial charge in [-0.05, 0) is 54.5 Å². The van der Waals surface area contributed by atoms with Gasteiger partial charge in [-0.2, -0.15) is 0 Å². The van der Waals surface area contributed by atoms with E-state index in [-0.39, 0.29) is 18.4 Å². The number of anilines is 2. The first-order chi connectivity index (χ1) is 14.7. The predicted molar refractivity (Wildman–Crippen MR) is 124 cm³/mol. The van der Waals surface area contributed by atoms with Crippen molar-refractivity contribution in [3.05, 3.63) is 47.4 Å². The normalized spacial score (nSPS) is 12.1. The third kappa shape index (κ3) is 7.46. The van der Waals surface area contributed by atoms with Gasteiger partial charge >= 0.3 is 0 Å². The van der Waals surface area contributed by atoms with Crippen LogP contribution < -0.4 is 10.2 Å². The lowest BCUT2D eigenvalue weighted by Crippen LogP contribution is -2.32. The number of benzene rings is 1. The van der Waals surface area contributed by atoms with Gasteiger partial charge in [0, 0.05) is 13.1 Å². The van der Waals surface area contributed by atoms with Gasteiger partial charge in [0.25, 0.3) is 6.47 Å². The lowest BCUT2D eigenvalue weighted by Gasteiger charge is -2.31. The third-order valence-corrected chi connectivity index (χ3v) is 4.89. The van der Waals surface area contributed by atoms with Gasteiger partial charge in [0.2, 0.25) is 5.91 Å². The van der Waals surface area contributed by atoms with Gasteiger partial charge in [-0.25, -0.2) is 0 Å². The van der Waals surface area contributed by atoms with E-state index in [4.69, 9.17) is 9.15 Å². The topological polar surface area (TPSA) is 71.8 Å². The van der Waals surface area contributed by atoms with Crippen LogP contribution in [0, 0.1) is 18.8 Å². The van der Waals surface area contributed by atoms with Crippen molar-refractivity contribution in [2.75, 3.05) is 23.3 Å². The molecule has 1 N–H and O–H groups in total. The maximum absolute atomic E-state index is 12.8. The van der Waals surface area contributed by atoms with Crippen molar-refractivity contribution >= 4 is 23.8 Å². The fourth-order valence-electron chi connectivity index (χ4n) is 3.70. The average Bonchev–Trinajstić information content (AvgIpc) is 3.09. The molecule has 1 heterocycles. The van der Waals surface area contributed by atoms with E-state index in [1.54, 1.807) is 6.26 Å². The molecular weight excluding hydrogens is 392 g/mol. The molecule has 0 aliphatic rings. The largest absolute Gasteiger partial charge is 0.469 e. The molecule has 0 spiro atoms. The fourth-order valence-corrected chi connectivity index (χ4v) is 3.70. The number of hydrogen-bond donors (Lipinski definition) is 1. The van der Waals surface area contributed by atoms with Gasteiger partial charge in [-0.3, -0.25) is 9.59 Å². The van der Waals surface area contributed by atoms with E-state index in [2.05, 4.69) is 37.9 Å². The molecule has 0 aliphatic carbocycles. The summed E-state index contributed by atoms with van der Waals surface area (Å²) in [4.78, 5) is 26.0. The highest BCUT2D eigenvalue weighted by Gasteiger charge is 2.19. The van der Waals surface area contributed by atoms with Gasteiger partial charge in [0.1, 0.15) is 11.9 Å². The summed E-state index contributed by atoms with van der Waals surface area (Å²) in [6, 6.07) is 7.79. The Bertz CT molecular complexity index is 847. The molecule has 2 aromatic rings. The molecule has 0 aliphatic heterocycles. The summed E-state index contributed by atoms with van der Waals surface area (Å²) in [5, 5.41) is 3.07. The molecule has 0 bridgehead atoms. The smallest absolute Gasteiger partial charge is 0.293 e. The standard InChI is InChI=1S/C25H36N2O4/c1-7-24(31-16-28)20-8-9-23(27(13-17(2)3)14-18(4)5)22(11-20)26-25(29)12-21-10-19(6)15-30-21/h8-11,15-18,24H,7,12-14H2,1-6H3,(H,26,29). The molecule has 6 heteroatoms. The van der Waals surface area contributed by atoms with Crippen LogP contribution in [-0.4, -0.2) is 25.5 Å². The van der Waals surface area contributed by atoms with Crippen LogP contribution in [0.3, 0.4) is 0 Å². The monoisotopic (exact) mass is 428 g/mol. The van der Waals surface area contributed by atoms with Gasteiger partial charge < -0.3 is 19.4 Å². The Morgan fingerprint density at radius 3 is 2.35 bits per heavy atom. The second-order valence-electron chi connectivity index (χ2n) is 8.91. The molecule has 170 valence electrons. The zero-order valence-corrected chi connectivity index (χ0v) is 19.6. The summed E-state index contributed by atoms with van der Waals surface area (Å²) in [5.74, 6) is 1.42. The molecule has 0 fully saturated rings. The summed E-state index contributed by atoms with van der Waals surface area (Å²) in [6.45, 7) is 14.9. The maximum atomic E-state index is 12.8. The molecule has 2 rings (SSSR count). The predicted octanol–water partition coefficient (Wildman–Crippen LogP) is 5.51. The zero-order valence-electron chi connectivity index (χ0n) is 19.6. The van der Waals surface area contributed by atoms with Crippen LogP contribution in [0.2, 0.25) is 0 Å². The minimum atomic E-state index is -0.349. The molecular formula is C25H36N2O4. The molecule has 1 aromatic carbocycles. The number of hydrogen-bond acceptors (Lipinski definition) is 5. The first-order valence-electron chi connectivity index (χ1n) is 11.0. The van der Waals surface area contributed by atoms with E-state index in [1.807, 2.05) is 38.1 Å². The van der Waals surface area contributed by atoms with E-state index in [0.717, 1.165) is 35.6 Å². The summed E-state index contributed by atoms with van der Waals surface area (Å²) >= 11 is 0. The summed E-state index contributed by atoms with van der Waals surface area (Å²) in [7, 11) is 0. The van der Waals surface area contributed by atoms with E-state index in [9.17, 15) is 9.59 Å². The number of nitrogens with one attached hydrogen (secondary N) is 1. The minimum Gasteiger partial charge on any atom is -0.469 e. The number of aryl methyl sites for hydroxylation is 1. The first kappa shape index (κ1) is 24.5. The Kier molecular flexibility index (Phi) is 9.16. The highest BCUT2D eigenvalue weighted by atomic mass is 16.5. The van der Waals surface area contributed by atoms with Crippen LogP contribution in [0.4, 0.5) is 11.4 Å². The Hall–Kier alpha value is -2.76. The quantitative estimate of drug-likeness (QED) is 0.451. The lowest BCUT2D eigenvalue weighted by atomic mass is 10.0. The van der Waals surface area contributed by atoms with Crippen molar-refractivity contribution in [3.8, 4) is 0 Å². The molecule has 0 radical (unpaired) electrons. The first-order valence-corrected chi connectivity index (χ1v) is 11.0. The molecule has 0 saturated carbocycles. The fraction of sp³-hybridized carbons (Fsp3) is 0.520. The van der Waals surface area contributed by atoms with Crippen LogP contribution in [-0.2, 0) is 20.7 Å². The van der Waals surface area contributed by atoms with Crippen LogP contribution >= 0.6 is 0 Å². The number of carbonyl (C=O) groups is 2. The summed E-state index contributed by atoms with van der Waals surface area (Å²) in [6.07, 6.45) is 2.11. The Morgan fingerprint density at radius 1 is 1.16 bits per heavy atom. The van der Waals surface area contributed by atoms with E-state index < -0.39 is 0 Å². The highest BCUT2D eigenvalue weighted by molar-refractivity contribution is 5.95. The van der Waals surface area contributed by atoms with Crippen molar-refractivity contribution in [2.24, 2.45) is 11.8 Å².